The number of nitrogens with zero attached hydrogens (tertiary/aromatic N) is 1. The lowest BCUT2D eigenvalue weighted by Gasteiger charge is -2.29. The van der Waals surface area contributed by atoms with Crippen LogP contribution in [0, 0.1) is 11.2 Å². The van der Waals surface area contributed by atoms with Crippen molar-refractivity contribution in [1.29, 1.82) is 0 Å². The summed E-state index contributed by atoms with van der Waals surface area (Å²) in [5.41, 5.74) is 1.06. The first kappa shape index (κ1) is 14.8. The molecule has 1 amide bonds. The number of carbonyl (C=O) groups excluding carboxylic acids is 1. The maximum absolute atomic E-state index is 13.3. The van der Waals surface area contributed by atoms with Crippen LogP contribution in [0.1, 0.15) is 25.5 Å². The summed E-state index contributed by atoms with van der Waals surface area (Å²) in [7, 11) is 0. The monoisotopic (exact) mass is 290 g/mol. The van der Waals surface area contributed by atoms with Crippen LogP contribution < -0.4 is 5.43 Å². The predicted molar refractivity (Wildman–Crippen MR) is 63.8 cm³/mol. The lowest BCUT2D eigenvalue weighted by atomic mass is 9.93. The lowest BCUT2D eigenvalue weighted by Crippen LogP contribution is -2.43. The van der Waals surface area contributed by atoms with Crippen LogP contribution in [-0.2, 0) is 4.79 Å². The van der Waals surface area contributed by atoms with Gasteiger partial charge in [0, 0.05) is 6.54 Å². The molecule has 1 atom stereocenters. The number of carbonyl (C=O) groups is 1. The molecule has 1 aromatic carbocycles. The Kier molecular flexibility index (Phi) is 3.49. The van der Waals surface area contributed by atoms with Crippen LogP contribution in [0.15, 0.2) is 24.3 Å². The van der Waals surface area contributed by atoms with E-state index in [1.54, 1.807) is 13.8 Å². The maximum atomic E-state index is 13.3. The van der Waals surface area contributed by atoms with Crippen LogP contribution in [0.4, 0.5) is 17.6 Å². The Morgan fingerprint density at radius 2 is 2.00 bits per heavy atom. The van der Waals surface area contributed by atoms with E-state index in [1.807, 2.05) is 0 Å². The fraction of sp³-hybridized carbons (Fsp3) is 0.462. The standard InChI is InChI=1S/C13H14F4N2O/c1-12(2)7-19(18-11(12)20)10(13(15,16)17)8-4-3-5-9(14)6-8/h3-6,10H,7H2,1-2H3,(H,18,20). The van der Waals surface area contributed by atoms with Crippen molar-refractivity contribution in [3.05, 3.63) is 35.6 Å². The molecule has 0 aliphatic carbocycles. The molecule has 0 saturated carbocycles. The molecular formula is C13H14F4N2O. The van der Waals surface area contributed by atoms with Gasteiger partial charge in [0.15, 0.2) is 0 Å². The van der Waals surface area contributed by atoms with E-state index in [4.69, 9.17) is 0 Å². The highest BCUT2D eigenvalue weighted by Gasteiger charge is 2.51. The molecule has 0 radical (unpaired) electrons. The van der Waals surface area contributed by atoms with Gasteiger partial charge < -0.3 is 0 Å². The molecule has 1 fully saturated rings. The van der Waals surface area contributed by atoms with Gasteiger partial charge in [-0.25, -0.2) is 9.40 Å². The molecular weight excluding hydrogens is 276 g/mol. The van der Waals surface area contributed by atoms with Crippen LogP contribution >= 0.6 is 0 Å². The third kappa shape index (κ3) is 2.77. The van der Waals surface area contributed by atoms with Gasteiger partial charge in [0.05, 0.1) is 5.41 Å². The zero-order valence-corrected chi connectivity index (χ0v) is 11.0. The number of benzene rings is 1. The van der Waals surface area contributed by atoms with Crippen LogP contribution in [-0.4, -0.2) is 23.6 Å². The summed E-state index contributed by atoms with van der Waals surface area (Å²) in [5.74, 6) is -1.23. The second-order valence-electron chi connectivity index (χ2n) is 5.45. The quantitative estimate of drug-likeness (QED) is 0.849. The number of hydrogen-bond acceptors (Lipinski definition) is 2. The van der Waals surface area contributed by atoms with Crippen molar-refractivity contribution < 1.29 is 22.4 Å². The summed E-state index contributed by atoms with van der Waals surface area (Å²) in [6, 6.07) is 2.24. The minimum absolute atomic E-state index is 0.105. The topological polar surface area (TPSA) is 32.3 Å². The Balaban J connectivity index is 2.38. The summed E-state index contributed by atoms with van der Waals surface area (Å²) in [4.78, 5) is 11.6. The number of hydrogen-bond donors (Lipinski definition) is 1. The Hall–Kier alpha value is -1.63. The smallest absolute Gasteiger partial charge is 0.287 e. The van der Waals surface area contributed by atoms with E-state index in [2.05, 4.69) is 5.43 Å². The summed E-state index contributed by atoms with van der Waals surface area (Å²) in [5, 5.41) is 0.817. The van der Waals surface area contributed by atoms with Crippen LogP contribution in [0.2, 0.25) is 0 Å². The van der Waals surface area contributed by atoms with Crippen molar-refractivity contribution in [2.45, 2.75) is 26.1 Å². The molecule has 110 valence electrons. The van der Waals surface area contributed by atoms with E-state index < -0.39 is 29.4 Å². The molecule has 2 rings (SSSR count). The largest absolute Gasteiger partial charge is 0.409 e. The van der Waals surface area contributed by atoms with Gasteiger partial charge in [-0.2, -0.15) is 13.2 Å². The third-order valence-corrected chi connectivity index (χ3v) is 3.21. The lowest BCUT2D eigenvalue weighted by molar-refractivity contribution is -0.191. The van der Waals surface area contributed by atoms with Gasteiger partial charge in [0.25, 0.3) is 0 Å². The molecule has 1 aromatic rings. The molecule has 20 heavy (non-hydrogen) atoms. The Bertz CT molecular complexity index is 527. The number of hydrazine groups is 1. The van der Waals surface area contributed by atoms with Gasteiger partial charge in [-0.05, 0) is 31.5 Å². The Labute approximate surface area is 113 Å². The SMILES string of the molecule is CC1(C)CN(C(c2cccc(F)c2)C(F)(F)F)NC1=O. The van der Waals surface area contributed by atoms with Crippen molar-refractivity contribution >= 4 is 5.91 Å². The molecule has 7 heteroatoms. The van der Waals surface area contributed by atoms with E-state index in [0.29, 0.717) is 0 Å². The summed E-state index contributed by atoms with van der Waals surface area (Å²) in [6.45, 7) is 3.01. The Morgan fingerprint density at radius 3 is 2.45 bits per heavy atom. The molecule has 1 saturated heterocycles. The van der Waals surface area contributed by atoms with Crippen molar-refractivity contribution in [2.24, 2.45) is 5.41 Å². The number of halogens is 4. The molecule has 3 nitrogen and oxygen atoms in total. The molecule has 1 aliphatic heterocycles. The summed E-state index contributed by atoms with van der Waals surface area (Å²) in [6.07, 6.45) is -4.62. The van der Waals surface area contributed by atoms with E-state index in [9.17, 15) is 22.4 Å². The molecule has 1 aliphatic rings. The average molecular weight is 290 g/mol. The van der Waals surface area contributed by atoms with Gasteiger partial charge in [-0.1, -0.05) is 12.1 Å². The number of rotatable bonds is 2. The highest BCUT2D eigenvalue weighted by Crippen LogP contribution is 2.40. The maximum Gasteiger partial charge on any atom is 0.409 e. The summed E-state index contributed by atoms with van der Waals surface area (Å²) >= 11 is 0. The van der Waals surface area contributed by atoms with Crippen LogP contribution in [0.5, 0.6) is 0 Å². The molecule has 0 aromatic heterocycles. The second kappa shape index (κ2) is 4.73. The molecule has 1 N–H and O–H groups in total. The first-order chi connectivity index (χ1) is 9.11. The fourth-order valence-corrected chi connectivity index (χ4v) is 2.20. The van der Waals surface area contributed by atoms with Crippen molar-refractivity contribution in [3.63, 3.8) is 0 Å². The van der Waals surface area contributed by atoms with Gasteiger partial charge >= 0.3 is 6.18 Å². The van der Waals surface area contributed by atoms with Crippen molar-refractivity contribution in [3.8, 4) is 0 Å². The zero-order chi connectivity index (χ0) is 15.1. The van der Waals surface area contributed by atoms with Gasteiger partial charge in [0.1, 0.15) is 11.9 Å². The van der Waals surface area contributed by atoms with Crippen molar-refractivity contribution in [1.82, 2.24) is 10.4 Å². The van der Waals surface area contributed by atoms with Crippen molar-refractivity contribution in [2.75, 3.05) is 6.54 Å². The van der Waals surface area contributed by atoms with E-state index in [1.165, 1.54) is 12.1 Å². The van der Waals surface area contributed by atoms with Gasteiger partial charge in [-0.3, -0.25) is 10.2 Å². The molecule has 0 spiro atoms. The predicted octanol–water partition coefficient (Wildman–Crippen LogP) is 2.80. The average Bonchev–Trinajstić information content (AvgIpc) is 2.50. The van der Waals surface area contributed by atoms with E-state index >= 15 is 0 Å². The van der Waals surface area contributed by atoms with E-state index in [0.717, 1.165) is 17.1 Å². The number of amides is 1. The zero-order valence-electron chi connectivity index (χ0n) is 11.0. The van der Waals surface area contributed by atoms with E-state index in [-0.39, 0.29) is 12.1 Å². The number of nitrogens with one attached hydrogen (secondary N) is 1. The Morgan fingerprint density at radius 1 is 1.35 bits per heavy atom. The fourth-order valence-electron chi connectivity index (χ4n) is 2.20. The second-order valence-corrected chi connectivity index (χ2v) is 5.45. The third-order valence-electron chi connectivity index (χ3n) is 3.21. The van der Waals surface area contributed by atoms with Crippen LogP contribution in [0.25, 0.3) is 0 Å². The minimum atomic E-state index is -4.62. The molecule has 0 bridgehead atoms. The minimum Gasteiger partial charge on any atom is -0.287 e. The number of alkyl halides is 3. The van der Waals surface area contributed by atoms with Gasteiger partial charge in [0.2, 0.25) is 5.91 Å². The first-order valence-corrected chi connectivity index (χ1v) is 6.01. The highest BCUT2D eigenvalue weighted by molar-refractivity contribution is 5.83. The van der Waals surface area contributed by atoms with Gasteiger partial charge in [-0.15, -0.1) is 0 Å². The normalized spacial score (nSPS) is 20.8. The summed E-state index contributed by atoms with van der Waals surface area (Å²) < 4.78 is 52.9. The van der Waals surface area contributed by atoms with Crippen LogP contribution in [0.3, 0.4) is 0 Å². The molecule has 1 heterocycles. The molecule has 1 unspecified atom stereocenters. The first-order valence-electron chi connectivity index (χ1n) is 6.01. The highest BCUT2D eigenvalue weighted by atomic mass is 19.4.